The number of carboxylic acids is 1. The maximum Gasteiger partial charge on any atom is 0.313 e. The molecule has 0 heterocycles. The number of carbonyl (C=O) groups excluding carboxylic acids is 1. The normalized spacial score (nSPS) is 10.4. The molecule has 0 aliphatic carbocycles. The predicted octanol–water partition coefficient (Wildman–Crippen LogP) is 2.08. The third kappa shape index (κ3) is 2.70. The smallest absolute Gasteiger partial charge is 0.313 e. The minimum atomic E-state index is -0.936. The van der Waals surface area contributed by atoms with Crippen molar-refractivity contribution < 1.29 is 19.8 Å². The van der Waals surface area contributed by atoms with Gasteiger partial charge in [0.05, 0.1) is 11.3 Å². The minimum absolute atomic E-state index is 0.0976. The van der Waals surface area contributed by atoms with Gasteiger partial charge in [-0.25, -0.2) is 0 Å². The number of phenolic OH excluding ortho intramolecular Hbond substituents is 1. The van der Waals surface area contributed by atoms with Crippen molar-refractivity contribution in [2.24, 2.45) is 0 Å². The van der Waals surface area contributed by atoms with Gasteiger partial charge in [-0.15, -0.1) is 11.8 Å². The lowest BCUT2D eigenvalue weighted by molar-refractivity contribution is -0.133. The number of hydrogen-bond donors (Lipinski definition) is 3. The summed E-state index contributed by atoms with van der Waals surface area (Å²) in [6.07, 6.45) is 0. The Morgan fingerprint density at radius 1 is 1.25 bits per heavy atom. The second-order valence-corrected chi connectivity index (χ2v) is 5.10. The number of nitrogens with one attached hydrogen (secondary N) is 1. The van der Waals surface area contributed by atoms with Gasteiger partial charge in [-0.1, -0.05) is 24.3 Å². The van der Waals surface area contributed by atoms with Crippen LogP contribution in [-0.2, 0) is 4.79 Å². The van der Waals surface area contributed by atoms with Gasteiger partial charge in [0.25, 0.3) is 5.91 Å². The standard InChI is InChI=1S/C14H13NO4S/c1-15-14(19)10-6-11(20-7-12(16)17)8-4-2-3-5-9(8)13(10)18/h2-6,18H,7H2,1H3,(H,15,19)(H,16,17). The Labute approximate surface area is 119 Å². The number of fused-ring (bicyclic) bond motifs is 1. The van der Waals surface area contributed by atoms with Crippen LogP contribution in [0, 0.1) is 0 Å². The molecule has 5 nitrogen and oxygen atoms in total. The molecule has 0 aliphatic rings. The molecular formula is C14H13NO4S. The third-order valence-electron chi connectivity index (χ3n) is 2.80. The molecule has 0 bridgehead atoms. The van der Waals surface area contributed by atoms with Gasteiger partial charge in [0.1, 0.15) is 5.75 Å². The molecule has 2 aromatic carbocycles. The summed E-state index contributed by atoms with van der Waals surface area (Å²) in [5, 5.41) is 22.7. The maximum absolute atomic E-state index is 11.8. The van der Waals surface area contributed by atoms with Gasteiger partial charge in [0.2, 0.25) is 0 Å². The van der Waals surface area contributed by atoms with Crippen LogP contribution in [0.25, 0.3) is 10.8 Å². The van der Waals surface area contributed by atoms with Crippen LogP contribution >= 0.6 is 11.8 Å². The molecule has 0 aliphatic heterocycles. The molecule has 0 unspecified atom stereocenters. The van der Waals surface area contributed by atoms with E-state index >= 15 is 0 Å². The number of carboxylic acid groups (broad SMARTS) is 1. The molecule has 0 saturated carbocycles. The Morgan fingerprint density at radius 3 is 2.50 bits per heavy atom. The van der Waals surface area contributed by atoms with Crippen LogP contribution in [-0.4, -0.2) is 34.9 Å². The lowest BCUT2D eigenvalue weighted by atomic mass is 10.0. The van der Waals surface area contributed by atoms with E-state index in [1.54, 1.807) is 24.3 Å². The summed E-state index contributed by atoms with van der Waals surface area (Å²) in [7, 11) is 1.47. The minimum Gasteiger partial charge on any atom is -0.506 e. The molecule has 0 radical (unpaired) electrons. The van der Waals surface area contributed by atoms with Crippen LogP contribution in [0.1, 0.15) is 10.4 Å². The van der Waals surface area contributed by atoms with E-state index in [-0.39, 0.29) is 17.1 Å². The van der Waals surface area contributed by atoms with Crippen molar-refractivity contribution in [1.82, 2.24) is 5.32 Å². The van der Waals surface area contributed by atoms with Crippen molar-refractivity contribution in [1.29, 1.82) is 0 Å². The topological polar surface area (TPSA) is 86.6 Å². The zero-order valence-corrected chi connectivity index (χ0v) is 11.5. The van der Waals surface area contributed by atoms with Gasteiger partial charge in [-0.3, -0.25) is 9.59 Å². The van der Waals surface area contributed by atoms with Gasteiger partial charge >= 0.3 is 5.97 Å². The van der Waals surface area contributed by atoms with Crippen molar-refractivity contribution in [3.05, 3.63) is 35.9 Å². The summed E-state index contributed by atoms with van der Waals surface area (Å²) < 4.78 is 0. The zero-order chi connectivity index (χ0) is 14.7. The summed E-state index contributed by atoms with van der Waals surface area (Å²) in [6, 6.07) is 8.55. The van der Waals surface area contributed by atoms with Crippen molar-refractivity contribution in [3.63, 3.8) is 0 Å². The van der Waals surface area contributed by atoms with E-state index in [2.05, 4.69) is 5.32 Å². The van der Waals surface area contributed by atoms with Crippen molar-refractivity contribution >= 4 is 34.4 Å². The lowest BCUT2D eigenvalue weighted by Gasteiger charge is -2.11. The van der Waals surface area contributed by atoms with Gasteiger partial charge in [-0.05, 0) is 11.5 Å². The lowest BCUT2D eigenvalue weighted by Crippen LogP contribution is -2.18. The van der Waals surface area contributed by atoms with Crippen LogP contribution in [0.4, 0.5) is 0 Å². The number of carbonyl (C=O) groups is 2. The first-order chi connectivity index (χ1) is 9.54. The van der Waals surface area contributed by atoms with Gasteiger partial charge < -0.3 is 15.5 Å². The first-order valence-corrected chi connectivity index (χ1v) is 6.84. The van der Waals surface area contributed by atoms with Crippen LogP contribution in [0.15, 0.2) is 35.2 Å². The molecule has 104 valence electrons. The van der Waals surface area contributed by atoms with E-state index in [0.717, 1.165) is 17.1 Å². The Kier molecular flexibility index (Phi) is 4.14. The molecule has 6 heteroatoms. The monoisotopic (exact) mass is 291 g/mol. The zero-order valence-electron chi connectivity index (χ0n) is 10.7. The average Bonchev–Trinajstić information content (AvgIpc) is 2.46. The van der Waals surface area contributed by atoms with Gasteiger partial charge in [0.15, 0.2) is 0 Å². The van der Waals surface area contributed by atoms with Crippen molar-refractivity contribution in [2.45, 2.75) is 4.90 Å². The Hall–Kier alpha value is -2.21. The van der Waals surface area contributed by atoms with Gasteiger partial charge in [-0.2, -0.15) is 0 Å². The molecule has 0 atom stereocenters. The third-order valence-corrected chi connectivity index (χ3v) is 3.84. The average molecular weight is 291 g/mol. The summed E-state index contributed by atoms with van der Waals surface area (Å²) in [4.78, 5) is 23.1. The second-order valence-electron chi connectivity index (χ2n) is 4.08. The van der Waals surface area contributed by atoms with E-state index in [1.807, 2.05) is 0 Å². The van der Waals surface area contributed by atoms with E-state index in [1.165, 1.54) is 13.1 Å². The van der Waals surface area contributed by atoms with Crippen molar-refractivity contribution in [2.75, 3.05) is 12.8 Å². The highest BCUT2D eigenvalue weighted by atomic mass is 32.2. The molecule has 2 rings (SSSR count). The molecule has 0 fully saturated rings. The first kappa shape index (κ1) is 14.2. The highest BCUT2D eigenvalue weighted by Gasteiger charge is 2.16. The van der Waals surface area contributed by atoms with Gasteiger partial charge in [0, 0.05) is 17.3 Å². The SMILES string of the molecule is CNC(=O)c1cc(SCC(=O)O)c2ccccc2c1O. The second kappa shape index (κ2) is 5.83. The summed E-state index contributed by atoms with van der Waals surface area (Å²) >= 11 is 1.12. The molecule has 1 amide bonds. The van der Waals surface area contributed by atoms with Crippen molar-refractivity contribution in [3.8, 4) is 5.75 Å². The Bertz CT molecular complexity index is 684. The van der Waals surface area contributed by atoms with Crippen LogP contribution < -0.4 is 5.32 Å². The number of thioether (sulfide) groups is 1. The van der Waals surface area contributed by atoms with Crippen LogP contribution in [0.2, 0.25) is 0 Å². The number of aliphatic carboxylic acids is 1. The largest absolute Gasteiger partial charge is 0.506 e. The summed E-state index contributed by atoms with van der Waals surface area (Å²) in [6.45, 7) is 0. The Morgan fingerprint density at radius 2 is 1.90 bits per heavy atom. The number of rotatable bonds is 4. The number of benzene rings is 2. The van der Waals surface area contributed by atoms with E-state index in [0.29, 0.717) is 10.3 Å². The molecular weight excluding hydrogens is 278 g/mol. The first-order valence-electron chi connectivity index (χ1n) is 5.86. The predicted molar refractivity (Wildman–Crippen MR) is 77.4 cm³/mol. The number of phenols is 1. The summed E-state index contributed by atoms with van der Waals surface area (Å²) in [5.74, 6) is -1.55. The quantitative estimate of drug-likeness (QED) is 0.751. The number of aromatic hydroxyl groups is 1. The van der Waals surface area contributed by atoms with Crippen LogP contribution in [0.5, 0.6) is 5.75 Å². The van der Waals surface area contributed by atoms with E-state index in [4.69, 9.17) is 5.11 Å². The van der Waals surface area contributed by atoms with E-state index < -0.39 is 11.9 Å². The highest BCUT2D eigenvalue weighted by molar-refractivity contribution is 8.00. The van der Waals surface area contributed by atoms with Crippen LogP contribution in [0.3, 0.4) is 0 Å². The molecule has 0 aromatic heterocycles. The molecule has 3 N–H and O–H groups in total. The summed E-state index contributed by atoms with van der Waals surface area (Å²) in [5.41, 5.74) is 0.138. The van der Waals surface area contributed by atoms with E-state index in [9.17, 15) is 14.7 Å². The highest BCUT2D eigenvalue weighted by Crippen LogP contribution is 2.36. The molecule has 20 heavy (non-hydrogen) atoms. The molecule has 2 aromatic rings. The molecule has 0 saturated heterocycles. The maximum atomic E-state index is 11.8. The number of amides is 1. The fourth-order valence-corrected chi connectivity index (χ4v) is 2.71. The Balaban J connectivity index is 2.62. The fourth-order valence-electron chi connectivity index (χ4n) is 1.89. The fraction of sp³-hybridized carbons (Fsp3) is 0.143. The number of hydrogen-bond acceptors (Lipinski definition) is 4. The molecule has 0 spiro atoms.